The van der Waals surface area contributed by atoms with Crippen LogP contribution in [0.15, 0.2) is 0 Å². The summed E-state index contributed by atoms with van der Waals surface area (Å²) in [7, 11) is 1.51. The van der Waals surface area contributed by atoms with Crippen molar-refractivity contribution in [1.82, 2.24) is 14.9 Å². The highest BCUT2D eigenvalue weighted by Crippen LogP contribution is 2.30. The second kappa shape index (κ2) is 6.13. The Morgan fingerprint density at radius 3 is 2.65 bits per heavy atom. The number of hydrogen-bond acceptors (Lipinski definition) is 5. The smallest absolute Gasteiger partial charge is 0.407 e. The lowest BCUT2D eigenvalue weighted by atomic mass is 10.1. The number of ether oxygens (including phenoxy) is 1. The monoisotopic (exact) mass is 300 g/mol. The maximum absolute atomic E-state index is 10.9. The molecule has 20 heavy (non-hydrogen) atoms. The molecule has 0 aliphatic carbocycles. The fraction of sp³-hybridized carbons (Fsp3) is 0.583. The van der Waals surface area contributed by atoms with Crippen LogP contribution >= 0.6 is 11.6 Å². The number of nitrogens with zero attached hydrogens (tertiary/aromatic N) is 3. The summed E-state index contributed by atoms with van der Waals surface area (Å²) < 4.78 is 5.21. The number of hydrogen-bond donors (Lipinski definition) is 2. The normalized spacial score (nSPS) is 16.1. The highest BCUT2D eigenvalue weighted by atomic mass is 35.5. The van der Waals surface area contributed by atoms with Crippen LogP contribution in [-0.4, -0.2) is 52.3 Å². The Morgan fingerprint density at radius 2 is 2.10 bits per heavy atom. The minimum absolute atomic E-state index is 0.143. The van der Waals surface area contributed by atoms with Gasteiger partial charge in [-0.05, 0) is 19.8 Å². The molecule has 0 bridgehead atoms. The number of methoxy groups -OCH3 is 1. The van der Waals surface area contributed by atoms with E-state index < -0.39 is 6.09 Å². The van der Waals surface area contributed by atoms with Crippen molar-refractivity contribution in [2.45, 2.75) is 25.8 Å². The number of halogens is 1. The number of nitrogens with one attached hydrogen (secondary N) is 1. The third-order valence-electron chi connectivity index (χ3n) is 3.25. The van der Waals surface area contributed by atoms with Crippen molar-refractivity contribution in [3.05, 3.63) is 11.0 Å². The van der Waals surface area contributed by atoms with Crippen molar-refractivity contribution >= 4 is 23.5 Å². The molecule has 0 saturated carbocycles. The summed E-state index contributed by atoms with van der Waals surface area (Å²) in [4.78, 5) is 20.6. The standard InChI is InChI=1S/C12H17ClN4O3/c1-7-14-10(13)9(20-2)11(15-7)16-8-3-5-17(6-4-8)12(18)19/h8H,3-6H2,1-2H3,(H,18,19)(H,14,15,16). The largest absolute Gasteiger partial charge is 0.490 e. The molecular weight excluding hydrogens is 284 g/mol. The maximum Gasteiger partial charge on any atom is 0.407 e. The second-order valence-corrected chi connectivity index (χ2v) is 4.99. The van der Waals surface area contributed by atoms with Gasteiger partial charge in [-0.25, -0.2) is 14.8 Å². The lowest BCUT2D eigenvalue weighted by Crippen LogP contribution is -2.41. The van der Waals surface area contributed by atoms with E-state index in [1.54, 1.807) is 6.92 Å². The molecule has 0 spiro atoms. The van der Waals surface area contributed by atoms with Gasteiger partial charge >= 0.3 is 6.09 Å². The SMILES string of the molecule is COc1c(Cl)nc(C)nc1NC1CCN(C(=O)O)CC1. The van der Waals surface area contributed by atoms with Crippen molar-refractivity contribution in [2.24, 2.45) is 0 Å². The maximum atomic E-state index is 10.9. The molecule has 0 aromatic carbocycles. The van der Waals surface area contributed by atoms with E-state index in [9.17, 15) is 4.79 Å². The minimum atomic E-state index is -0.873. The predicted molar refractivity (Wildman–Crippen MR) is 74.6 cm³/mol. The molecule has 110 valence electrons. The molecule has 1 fully saturated rings. The van der Waals surface area contributed by atoms with Gasteiger partial charge in [0.1, 0.15) is 5.82 Å². The van der Waals surface area contributed by atoms with Gasteiger partial charge < -0.3 is 20.1 Å². The van der Waals surface area contributed by atoms with Gasteiger partial charge in [0.25, 0.3) is 0 Å². The summed E-state index contributed by atoms with van der Waals surface area (Å²) >= 11 is 6.02. The van der Waals surface area contributed by atoms with Crippen molar-refractivity contribution in [1.29, 1.82) is 0 Å². The molecule has 2 N–H and O–H groups in total. The van der Waals surface area contributed by atoms with Crippen LogP contribution in [0.2, 0.25) is 5.15 Å². The summed E-state index contributed by atoms with van der Waals surface area (Å²) in [5, 5.41) is 12.4. The first kappa shape index (κ1) is 14.6. The van der Waals surface area contributed by atoms with Gasteiger partial charge in [0.15, 0.2) is 16.7 Å². The molecule has 0 unspecified atom stereocenters. The molecule has 1 saturated heterocycles. The second-order valence-electron chi connectivity index (χ2n) is 4.63. The van der Waals surface area contributed by atoms with E-state index in [2.05, 4.69) is 15.3 Å². The van der Waals surface area contributed by atoms with Crippen LogP contribution in [0.1, 0.15) is 18.7 Å². The van der Waals surface area contributed by atoms with E-state index in [1.807, 2.05) is 0 Å². The van der Waals surface area contributed by atoms with Crippen LogP contribution in [-0.2, 0) is 0 Å². The number of amides is 1. The van der Waals surface area contributed by atoms with Crippen LogP contribution in [0.3, 0.4) is 0 Å². The molecule has 1 aromatic rings. The molecule has 1 aromatic heterocycles. The Morgan fingerprint density at radius 1 is 1.45 bits per heavy atom. The molecule has 7 nitrogen and oxygen atoms in total. The number of carbonyl (C=O) groups is 1. The molecule has 1 aliphatic rings. The lowest BCUT2D eigenvalue weighted by molar-refractivity contribution is 0.133. The Hall–Kier alpha value is -1.76. The molecule has 0 radical (unpaired) electrons. The lowest BCUT2D eigenvalue weighted by Gasteiger charge is -2.31. The van der Waals surface area contributed by atoms with Gasteiger partial charge in [-0.1, -0.05) is 11.6 Å². The quantitative estimate of drug-likeness (QED) is 0.830. The van der Waals surface area contributed by atoms with E-state index in [0.29, 0.717) is 30.5 Å². The zero-order chi connectivity index (χ0) is 14.7. The number of anilines is 1. The molecule has 0 atom stereocenters. The number of aryl methyl sites for hydroxylation is 1. The van der Waals surface area contributed by atoms with Crippen molar-refractivity contribution in [3.8, 4) is 5.75 Å². The Bertz CT molecular complexity index is 504. The van der Waals surface area contributed by atoms with Crippen molar-refractivity contribution in [2.75, 3.05) is 25.5 Å². The van der Waals surface area contributed by atoms with Crippen molar-refractivity contribution < 1.29 is 14.6 Å². The number of rotatable bonds is 3. The molecule has 1 amide bonds. The van der Waals surface area contributed by atoms with Crippen LogP contribution in [0.5, 0.6) is 5.75 Å². The number of likely N-dealkylation sites (tertiary alicyclic amines) is 1. The van der Waals surface area contributed by atoms with Crippen LogP contribution in [0.4, 0.5) is 10.6 Å². The zero-order valence-corrected chi connectivity index (χ0v) is 12.1. The minimum Gasteiger partial charge on any atom is -0.490 e. The van der Waals surface area contributed by atoms with Gasteiger partial charge in [-0.3, -0.25) is 0 Å². The van der Waals surface area contributed by atoms with E-state index in [0.717, 1.165) is 12.8 Å². The van der Waals surface area contributed by atoms with Crippen LogP contribution in [0, 0.1) is 6.92 Å². The van der Waals surface area contributed by atoms with Gasteiger partial charge in [0.05, 0.1) is 7.11 Å². The molecule has 8 heteroatoms. The Labute approximate surface area is 121 Å². The van der Waals surface area contributed by atoms with Gasteiger partial charge in [-0.15, -0.1) is 0 Å². The highest BCUT2D eigenvalue weighted by molar-refractivity contribution is 6.31. The highest BCUT2D eigenvalue weighted by Gasteiger charge is 2.24. The molecule has 1 aliphatic heterocycles. The predicted octanol–water partition coefficient (Wildman–Crippen LogP) is 2.00. The third kappa shape index (κ3) is 3.22. The summed E-state index contributed by atoms with van der Waals surface area (Å²) in [5.74, 6) is 1.53. The fourth-order valence-electron chi connectivity index (χ4n) is 2.22. The zero-order valence-electron chi connectivity index (χ0n) is 11.4. The number of carboxylic acid groups (broad SMARTS) is 1. The fourth-order valence-corrected chi connectivity index (χ4v) is 2.50. The van der Waals surface area contributed by atoms with E-state index in [-0.39, 0.29) is 11.2 Å². The molecule has 2 rings (SSSR count). The average Bonchev–Trinajstić information content (AvgIpc) is 2.39. The summed E-state index contributed by atoms with van der Waals surface area (Å²) in [6.45, 7) is 2.77. The molecular formula is C12H17ClN4O3. The van der Waals surface area contributed by atoms with E-state index in [4.69, 9.17) is 21.4 Å². The van der Waals surface area contributed by atoms with E-state index in [1.165, 1.54) is 12.0 Å². The van der Waals surface area contributed by atoms with Crippen LogP contribution in [0.25, 0.3) is 0 Å². The Kier molecular flexibility index (Phi) is 4.49. The summed E-state index contributed by atoms with van der Waals surface area (Å²) in [5.41, 5.74) is 0. The average molecular weight is 301 g/mol. The van der Waals surface area contributed by atoms with Crippen LogP contribution < -0.4 is 10.1 Å². The Balaban J connectivity index is 2.06. The van der Waals surface area contributed by atoms with Gasteiger partial charge in [-0.2, -0.15) is 0 Å². The molecule has 2 heterocycles. The van der Waals surface area contributed by atoms with E-state index >= 15 is 0 Å². The first-order chi connectivity index (χ1) is 9.51. The van der Waals surface area contributed by atoms with Gasteiger partial charge in [0, 0.05) is 19.1 Å². The third-order valence-corrected chi connectivity index (χ3v) is 3.50. The number of aromatic nitrogens is 2. The summed E-state index contributed by atoms with van der Waals surface area (Å²) in [6, 6.07) is 0.143. The first-order valence-electron chi connectivity index (χ1n) is 6.33. The summed E-state index contributed by atoms with van der Waals surface area (Å²) in [6.07, 6.45) is 0.564. The number of piperidine rings is 1. The van der Waals surface area contributed by atoms with Gasteiger partial charge in [0.2, 0.25) is 0 Å². The van der Waals surface area contributed by atoms with Crippen molar-refractivity contribution in [3.63, 3.8) is 0 Å². The first-order valence-corrected chi connectivity index (χ1v) is 6.71. The topological polar surface area (TPSA) is 87.6 Å².